The molecule has 0 amide bonds. The predicted molar refractivity (Wildman–Crippen MR) is 106 cm³/mol. The number of halogens is 1. The first-order valence-electron chi connectivity index (χ1n) is 8.55. The Morgan fingerprint density at radius 3 is 3.08 bits per heavy atom. The van der Waals surface area contributed by atoms with Crippen LogP contribution in [0.25, 0.3) is 10.7 Å². The van der Waals surface area contributed by atoms with Crippen molar-refractivity contribution in [3.63, 3.8) is 0 Å². The maximum atomic E-state index is 6.30. The van der Waals surface area contributed by atoms with E-state index in [2.05, 4.69) is 21.2 Å². The first-order chi connectivity index (χ1) is 12.8. The van der Waals surface area contributed by atoms with Crippen LogP contribution < -0.4 is 4.90 Å². The third-order valence-corrected chi connectivity index (χ3v) is 6.57. The van der Waals surface area contributed by atoms with Crippen LogP contribution in [0.15, 0.2) is 46.9 Å². The molecule has 26 heavy (non-hydrogen) atoms. The van der Waals surface area contributed by atoms with Crippen molar-refractivity contribution < 1.29 is 9.64 Å². The molecule has 2 atom stereocenters. The molecule has 1 aliphatic heterocycles. The van der Waals surface area contributed by atoms with Crippen molar-refractivity contribution >= 4 is 34.7 Å². The molecule has 1 fully saturated rings. The fourth-order valence-electron chi connectivity index (χ4n) is 3.03. The summed E-state index contributed by atoms with van der Waals surface area (Å²) in [5.74, 6) is 1.69. The lowest BCUT2D eigenvalue weighted by molar-refractivity contribution is -0.924. The molecular formula is C18H20ClN4OS2+. The normalized spacial score (nSPS) is 20.3. The number of nitrogens with zero attached hydrogens (tertiary/aromatic N) is 2. The summed E-state index contributed by atoms with van der Waals surface area (Å²) in [4.78, 5) is 7.17. The number of H-pyrrole nitrogens is 1. The number of nitrogens with one attached hydrogen (secondary N) is 2. The average Bonchev–Trinajstić information content (AvgIpc) is 3.34. The fraction of sp³-hybridized carbons (Fsp3) is 0.333. The van der Waals surface area contributed by atoms with Gasteiger partial charge in [-0.3, -0.25) is 5.10 Å². The number of hydrogen-bond acceptors (Lipinski definition) is 5. The number of thiophene rings is 1. The molecule has 136 valence electrons. The van der Waals surface area contributed by atoms with Crippen LogP contribution in [0.3, 0.4) is 0 Å². The minimum atomic E-state index is 0.204. The van der Waals surface area contributed by atoms with Crippen LogP contribution in [-0.2, 0) is 11.3 Å². The van der Waals surface area contributed by atoms with Gasteiger partial charge in [-0.25, -0.2) is 4.98 Å². The van der Waals surface area contributed by atoms with Crippen molar-refractivity contribution in [1.82, 2.24) is 15.2 Å². The molecule has 3 aromatic rings. The SMILES string of the molecule is Clc1ccccc1C[NH+]1CCO[C@H](CSc2n[nH]c(-c3cccs3)n2)C1. The molecule has 5 nitrogen and oxygen atoms in total. The second-order valence-electron chi connectivity index (χ2n) is 6.22. The molecule has 8 heteroatoms. The highest BCUT2D eigenvalue weighted by Crippen LogP contribution is 2.23. The molecule has 1 aliphatic rings. The van der Waals surface area contributed by atoms with Gasteiger partial charge in [-0.2, -0.15) is 0 Å². The monoisotopic (exact) mass is 407 g/mol. The number of thioether (sulfide) groups is 1. The summed E-state index contributed by atoms with van der Waals surface area (Å²) in [6.45, 7) is 3.70. The Morgan fingerprint density at radius 2 is 2.23 bits per heavy atom. The molecule has 0 radical (unpaired) electrons. The van der Waals surface area contributed by atoms with E-state index in [0.29, 0.717) is 0 Å². The fourth-order valence-corrected chi connectivity index (χ4v) is 4.71. The highest BCUT2D eigenvalue weighted by Gasteiger charge is 2.25. The molecule has 1 aromatic carbocycles. The van der Waals surface area contributed by atoms with Crippen LogP contribution in [0.4, 0.5) is 0 Å². The van der Waals surface area contributed by atoms with Crippen LogP contribution in [-0.4, -0.2) is 46.7 Å². The lowest BCUT2D eigenvalue weighted by Crippen LogP contribution is -3.13. The summed E-state index contributed by atoms with van der Waals surface area (Å²) in [7, 11) is 0. The van der Waals surface area contributed by atoms with Crippen molar-refractivity contribution in [2.24, 2.45) is 0 Å². The third kappa shape index (κ3) is 4.47. The predicted octanol–water partition coefficient (Wildman–Crippen LogP) is 2.76. The zero-order chi connectivity index (χ0) is 17.8. The minimum Gasteiger partial charge on any atom is -0.366 e. The number of ether oxygens (including phenoxy) is 1. The lowest BCUT2D eigenvalue weighted by Gasteiger charge is -2.30. The van der Waals surface area contributed by atoms with Gasteiger partial charge in [-0.1, -0.05) is 47.6 Å². The molecule has 0 spiro atoms. The molecule has 0 bridgehead atoms. The summed E-state index contributed by atoms with van der Waals surface area (Å²) in [5.41, 5.74) is 1.20. The van der Waals surface area contributed by atoms with Gasteiger partial charge in [0.25, 0.3) is 0 Å². The van der Waals surface area contributed by atoms with E-state index in [1.807, 2.05) is 35.7 Å². The Balaban J connectivity index is 1.30. The minimum absolute atomic E-state index is 0.204. The molecule has 3 heterocycles. The van der Waals surface area contributed by atoms with Gasteiger partial charge < -0.3 is 9.64 Å². The van der Waals surface area contributed by atoms with Gasteiger partial charge in [0.1, 0.15) is 25.7 Å². The Bertz CT molecular complexity index is 839. The van der Waals surface area contributed by atoms with Crippen molar-refractivity contribution in [3.8, 4) is 10.7 Å². The van der Waals surface area contributed by atoms with Gasteiger partial charge in [-0.15, -0.1) is 16.4 Å². The van der Waals surface area contributed by atoms with E-state index in [0.717, 1.165) is 52.9 Å². The second kappa shape index (κ2) is 8.54. The van der Waals surface area contributed by atoms with Gasteiger partial charge in [0.15, 0.2) is 5.82 Å². The number of quaternary nitrogens is 1. The molecule has 1 unspecified atom stereocenters. The Labute approximate surface area is 165 Å². The van der Waals surface area contributed by atoms with Gasteiger partial charge in [0.05, 0.1) is 11.5 Å². The maximum absolute atomic E-state index is 6.30. The molecule has 4 rings (SSSR count). The van der Waals surface area contributed by atoms with Gasteiger partial charge in [0.2, 0.25) is 5.16 Å². The highest BCUT2D eigenvalue weighted by atomic mass is 35.5. The van der Waals surface area contributed by atoms with E-state index in [1.54, 1.807) is 23.1 Å². The number of hydrogen-bond donors (Lipinski definition) is 2. The van der Waals surface area contributed by atoms with Crippen LogP contribution in [0.1, 0.15) is 5.56 Å². The number of rotatable bonds is 6. The molecule has 2 N–H and O–H groups in total. The molecule has 0 aliphatic carbocycles. The molecule has 1 saturated heterocycles. The van der Waals surface area contributed by atoms with Crippen LogP contribution in [0.5, 0.6) is 0 Å². The quantitative estimate of drug-likeness (QED) is 0.617. The maximum Gasteiger partial charge on any atom is 0.208 e. The van der Waals surface area contributed by atoms with Crippen molar-refractivity contribution in [3.05, 3.63) is 52.4 Å². The standard InChI is InChI=1S/C18H19ClN4OS2/c19-15-5-2-1-4-13(15)10-23-7-8-24-14(11-23)12-26-18-20-17(21-22-18)16-6-3-9-25-16/h1-6,9,14H,7-8,10-12H2,(H,20,21,22)/p+1/t14-/m0/s1. The summed E-state index contributed by atoms with van der Waals surface area (Å²) < 4.78 is 5.94. The van der Waals surface area contributed by atoms with Gasteiger partial charge >= 0.3 is 0 Å². The van der Waals surface area contributed by atoms with Gasteiger partial charge in [-0.05, 0) is 17.5 Å². The third-order valence-electron chi connectivity index (χ3n) is 4.34. The smallest absolute Gasteiger partial charge is 0.208 e. The lowest BCUT2D eigenvalue weighted by atomic mass is 10.2. The summed E-state index contributed by atoms with van der Waals surface area (Å²) in [6.07, 6.45) is 0.204. The van der Waals surface area contributed by atoms with E-state index >= 15 is 0 Å². The summed E-state index contributed by atoms with van der Waals surface area (Å²) in [6, 6.07) is 12.1. The number of aromatic amines is 1. The van der Waals surface area contributed by atoms with E-state index in [-0.39, 0.29) is 6.10 Å². The van der Waals surface area contributed by atoms with Crippen molar-refractivity contribution in [2.45, 2.75) is 17.8 Å². The number of aromatic nitrogens is 3. The highest BCUT2D eigenvalue weighted by molar-refractivity contribution is 7.99. The van der Waals surface area contributed by atoms with E-state index in [1.165, 1.54) is 10.5 Å². The van der Waals surface area contributed by atoms with E-state index in [4.69, 9.17) is 16.3 Å². The number of morpholine rings is 1. The van der Waals surface area contributed by atoms with E-state index in [9.17, 15) is 0 Å². The van der Waals surface area contributed by atoms with Crippen LogP contribution in [0, 0.1) is 0 Å². The topological polar surface area (TPSA) is 55.2 Å². The molecule has 2 aromatic heterocycles. The zero-order valence-corrected chi connectivity index (χ0v) is 16.5. The van der Waals surface area contributed by atoms with Crippen molar-refractivity contribution in [1.29, 1.82) is 0 Å². The Kier molecular flexibility index (Phi) is 5.91. The summed E-state index contributed by atoms with van der Waals surface area (Å²) >= 11 is 9.60. The second-order valence-corrected chi connectivity index (χ2v) is 8.56. The average molecular weight is 408 g/mol. The zero-order valence-electron chi connectivity index (χ0n) is 14.2. The first kappa shape index (κ1) is 18.0. The molecule has 0 saturated carbocycles. The molecular weight excluding hydrogens is 388 g/mol. The Morgan fingerprint density at radius 1 is 1.31 bits per heavy atom. The largest absolute Gasteiger partial charge is 0.366 e. The van der Waals surface area contributed by atoms with Gasteiger partial charge in [0, 0.05) is 16.3 Å². The summed E-state index contributed by atoms with van der Waals surface area (Å²) in [5, 5.41) is 11.0. The van der Waals surface area contributed by atoms with Crippen LogP contribution >= 0.6 is 34.7 Å². The van der Waals surface area contributed by atoms with Crippen LogP contribution in [0.2, 0.25) is 5.02 Å². The van der Waals surface area contributed by atoms with Crippen molar-refractivity contribution in [2.75, 3.05) is 25.4 Å². The Hall–Kier alpha value is -1.38. The first-order valence-corrected chi connectivity index (χ1v) is 10.8. The number of benzene rings is 1. The van der Waals surface area contributed by atoms with E-state index < -0.39 is 0 Å².